The van der Waals surface area contributed by atoms with Crippen LogP contribution < -0.4 is 5.43 Å². The molecule has 2 aromatic rings. The molecule has 7 heteroatoms. The zero-order valence-corrected chi connectivity index (χ0v) is 12.1. The first-order chi connectivity index (χ1) is 9.97. The maximum atomic E-state index is 11.9. The highest BCUT2D eigenvalue weighted by Gasteiger charge is 2.09. The fraction of sp³-hybridized carbons (Fsp3) is 0. The summed E-state index contributed by atoms with van der Waals surface area (Å²) in [5, 5.41) is 22.9. The second kappa shape index (κ2) is 6.47. The standard InChI is InChI=1S/C14H10Cl2N2O3/c15-9-2-3-11(16)10(6-9)14(21)18-17-7-8-1-4-12(19)13(20)5-8/h1-7,19-20H,(H,18,21)/b17-7+. The lowest BCUT2D eigenvalue weighted by molar-refractivity contribution is 0.0955. The number of hydrogen-bond donors (Lipinski definition) is 3. The van der Waals surface area contributed by atoms with Crippen molar-refractivity contribution < 1.29 is 15.0 Å². The summed E-state index contributed by atoms with van der Waals surface area (Å²) in [6, 6.07) is 8.66. The third-order valence-corrected chi connectivity index (χ3v) is 3.12. The van der Waals surface area contributed by atoms with E-state index in [-0.39, 0.29) is 22.1 Å². The molecule has 0 heterocycles. The summed E-state index contributed by atoms with van der Waals surface area (Å²) in [5.74, 6) is -1.02. The average Bonchev–Trinajstić information content (AvgIpc) is 2.45. The lowest BCUT2D eigenvalue weighted by Crippen LogP contribution is -2.18. The molecule has 0 aliphatic heterocycles. The number of amides is 1. The molecule has 0 aliphatic carbocycles. The van der Waals surface area contributed by atoms with E-state index in [0.717, 1.165) is 0 Å². The van der Waals surface area contributed by atoms with Gasteiger partial charge in [0.15, 0.2) is 11.5 Å². The van der Waals surface area contributed by atoms with Crippen molar-refractivity contribution in [2.75, 3.05) is 0 Å². The van der Waals surface area contributed by atoms with Crippen molar-refractivity contribution >= 4 is 35.3 Å². The summed E-state index contributed by atoms with van der Waals surface area (Å²) in [5.41, 5.74) is 3.00. The van der Waals surface area contributed by atoms with Crippen LogP contribution in [0.25, 0.3) is 0 Å². The quantitative estimate of drug-likeness (QED) is 0.460. The highest BCUT2D eigenvalue weighted by Crippen LogP contribution is 2.24. The van der Waals surface area contributed by atoms with Gasteiger partial charge in [0.2, 0.25) is 0 Å². The first-order valence-corrected chi connectivity index (χ1v) is 6.53. The Hall–Kier alpha value is -2.24. The van der Waals surface area contributed by atoms with Crippen LogP contribution in [0.4, 0.5) is 0 Å². The van der Waals surface area contributed by atoms with E-state index in [1.54, 1.807) is 6.07 Å². The van der Waals surface area contributed by atoms with Crippen molar-refractivity contribution in [3.8, 4) is 11.5 Å². The molecule has 3 N–H and O–H groups in total. The van der Waals surface area contributed by atoms with E-state index >= 15 is 0 Å². The topological polar surface area (TPSA) is 81.9 Å². The van der Waals surface area contributed by atoms with Crippen molar-refractivity contribution in [1.82, 2.24) is 5.43 Å². The maximum absolute atomic E-state index is 11.9. The Morgan fingerprint density at radius 3 is 2.57 bits per heavy atom. The predicted octanol–water partition coefficient (Wildman–Crippen LogP) is 3.17. The fourth-order valence-electron chi connectivity index (χ4n) is 1.52. The maximum Gasteiger partial charge on any atom is 0.272 e. The summed E-state index contributed by atoms with van der Waals surface area (Å²) < 4.78 is 0. The zero-order chi connectivity index (χ0) is 15.4. The molecule has 0 unspecified atom stereocenters. The van der Waals surface area contributed by atoms with Crippen LogP contribution in [0.3, 0.4) is 0 Å². The number of rotatable bonds is 3. The van der Waals surface area contributed by atoms with Gasteiger partial charge in [-0.1, -0.05) is 23.2 Å². The first-order valence-electron chi connectivity index (χ1n) is 5.78. The molecule has 108 valence electrons. The molecule has 1 amide bonds. The molecule has 0 spiro atoms. The first kappa shape index (κ1) is 15.2. The summed E-state index contributed by atoms with van der Waals surface area (Å²) in [6.45, 7) is 0. The Kier molecular flexibility index (Phi) is 4.67. The van der Waals surface area contributed by atoms with Gasteiger partial charge >= 0.3 is 0 Å². The molecule has 0 saturated heterocycles. The number of nitrogens with one attached hydrogen (secondary N) is 1. The molecule has 0 aliphatic rings. The summed E-state index contributed by atoms with van der Waals surface area (Å²) in [6.07, 6.45) is 1.31. The number of carbonyl (C=O) groups excluding carboxylic acids is 1. The normalized spacial score (nSPS) is 10.8. The minimum atomic E-state index is -0.512. The van der Waals surface area contributed by atoms with Crippen LogP contribution >= 0.6 is 23.2 Å². The minimum absolute atomic E-state index is 0.204. The monoisotopic (exact) mass is 324 g/mol. The number of benzene rings is 2. The molecule has 0 aromatic heterocycles. The molecule has 5 nitrogen and oxygen atoms in total. The highest BCUT2D eigenvalue weighted by molar-refractivity contribution is 6.35. The van der Waals surface area contributed by atoms with Crippen LogP contribution in [0, 0.1) is 0 Å². The summed E-state index contributed by atoms with van der Waals surface area (Å²) >= 11 is 11.7. The third-order valence-electron chi connectivity index (χ3n) is 2.55. The summed E-state index contributed by atoms with van der Waals surface area (Å²) in [4.78, 5) is 11.9. The molecule has 2 rings (SSSR count). The predicted molar refractivity (Wildman–Crippen MR) is 81.3 cm³/mol. The Balaban J connectivity index is 2.08. The number of halogens is 2. The zero-order valence-electron chi connectivity index (χ0n) is 10.5. The van der Waals surface area contributed by atoms with Crippen LogP contribution in [0.5, 0.6) is 11.5 Å². The van der Waals surface area contributed by atoms with Gasteiger partial charge in [0.05, 0.1) is 16.8 Å². The van der Waals surface area contributed by atoms with Crippen molar-refractivity contribution in [3.63, 3.8) is 0 Å². The third kappa shape index (κ3) is 3.87. The van der Waals surface area contributed by atoms with Crippen LogP contribution in [0.1, 0.15) is 15.9 Å². The highest BCUT2D eigenvalue weighted by atomic mass is 35.5. The van der Waals surface area contributed by atoms with Crippen LogP contribution in [0.2, 0.25) is 10.0 Å². The second-order valence-corrected chi connectivity index (χ2v) is 4.92. The van der Waals surface area contributed by atoms with Gasteiger partial charge in [-0.05, 0) is 42.0 Å². The molecule has 2 aromatic carbocycles. The van der Waals surface area contributed by atoms with E-state index < -0.39 is 5.91 Å². The van der Waals surface area contributed by atoms with Crippen molar-refractivity contribution in [1.29, 1.82) is 0 Å². The second-order valence-electron chi connectivity index (χ2n) is 4.07. The number of carbonyl (C=O) groups is 1. The SMILES string of the molecule is O=C(N/N=C/c1ccc(O)c(O)c1)c1cc(Cl)ccc1Cl. The number of phenolic OH excluding ortho intramolecular Hbond substituents is 2. The van der Waals surface area contributed by atoms with Crippen molar-refractivity contribution in [2.24, 2.45) is 5.10 Å². The molecule has 0 atom stereocenters. The molecular formula is C14H10Cl2N2O3. The molecule has 0 fully saturated rings. The van der Waals surface area contributed by atoms with Crippen molar-refractivity contribution in [3.05, 3.63) is 57.6 Å². The average molecular weight is 325 g/mol. The van der Waals surface area contributed by atoms with Crippen LogP contribution in [-0.4, -0.2) is 22.3 Å². The van der Waals surface area contributed by atoms with Gasteiger partial charge in [-0.2, -0.15) is 5.10 Å². The number of nitrogens with zero attached hydrogens (tertiary/aromatic N) is 1. The molecule has 0 radical (unpaired) electrons. The lowest BCUT2D eigenvalue weighted by Gasteiger charge is -2.03. The Morgan fingerprint density at radius 1 is 1.10 bits per heavy atom. The van der Waals surface area contributed by atoms with Crippen molar-refractivity contribution in [2.45, 2.75) is 0 Å². The van der Waals surface area contributed by atoms with E-state index in [0.29, 0.717) is 10.6 Å². The molecule has 21 heavy (non-hydrogen) atoms. The van der Waals surface area contributed by atoms with Crippen LogP contribution in [0.15, 0.2) is 41.5 Å². The van der Waals surface area contributed by atoms with Gasteiger partial charge < -0.3 is 10.2 Å². The van der Waals surface area contributed by atoms with Gasteiger partial charge in [-0.25, -0.2) is 5.43 Å². The van der Waals surface area contributed by atoms with Gasteiger partial charge in [-0.15, -0.1) is 0 Å². The Morgan fingerprint density at radius 2 is 1.86 bits per heavy atom. The smallest absolute Gasteiger partial charge is 0.272 e. The Labute approximate surface area is 130 Å². The Bertz CT molecular complexity index is 717. The summed E-state index contributed by atoms with van der Waals surface area (Å²) in [7, 11) is 0. The largest absolute Gasteiger partial charge is 0.504 e. The van der Waals surface area contributed by atoms with E-state index in [2.05, 4.69) is 10.5 Å². The van der Waals surface area contributed by atoms with Crippen LogP contribution in [-0.2, 0) is 0 Å². The fourth-order valence-corrected chi connectivity index (χ4v) is 1.89. The van der Waals surface area contributed by atoms with Gasteiger partial charge in [0, 0.05) is 5.02 Å². The minimum Gasteiger partial charge on any atom is -0.504 e. The number of phenols is 2. The molecular weight excluding hydrogens is 315 g/mol. The van der Waals surface area contributed by atoms with Gasteiger partial charge in [-0.3, -0.25) is 4.79 Å². The van der Waals surface area contributed by atoms with E-state index in [9.17, 15) is 15.0 Å². The van der Waals surface area contributed by atoms with E-state index in [4.69, 9.17) is 23.2 Å². The van der Waals surface area contributed by atoms with Gasteiger partial charge in [0.25, 0.3) is 5.91 Å². The van der Waals surface area contributed by atoms with E-state index in [1.165, 1.54) is 36.5 Å². The number of aromatic hydroxyl groups is 2. The van der Waals surface area contributed by atoms with E-state index in [1.807, 2.05) is 0 Å². The molecule has 0 bridgehead atoms. The number of hydrazone groups is 1. The van der Waals surface area contributed by atoms with Gasteiger partial charge in [0.1, 0.15) is 0 Å². The molecule has 0 saturated carbocycles. The number of hydrogen-bond acceptors (Lipinski definition) is 4. The lowest BCUT2D eigenvalue weighted by atomic mass is 10.2.